The quantitative estimate of drug-likeness (QED) is 0.489. The highest BCUT2D eigenvalue weighted by atomic mass is 14.5. The minimum absolute atomic E-state index is 0.240. The lowest BCUT2D eigenvalue weighted by atomic mass is 9.69. The zero-order valence-electron chi connectivity index (χ0n) is 14.9. The minimum atomic E-state index is -0.240. The molecule has 0 heteroatoms. The minimum Gasteiger partial charge on any atom is -0.121 e. The van der Waals surface area contributed by atoms with Crippen LogP contribution in [0.4, 0.5) is 0 Å². The normalized spacial score (nSPS) is 19.9. The Morgan fingerprint density at radius 1 is 0.741 bits per heavy atom. The van der Waals surface area contributed by atoms with E-state index in [1.165, 1.54) is 44.5 Å². The molecule has 2 aromatic carbocycles. The molecular weight excluding hydrogens is 324 g/mol. The van der Waals surface area contributed by atoms with E-state index in [1.54, 1.807) is 0 Å². The van der Waals surface area contributed by atoms with Gasteiger partial charge in [0.05, 0.1) is 5.41 Å². The maximum atomic E-state index is 3.27. The monoisotopic (exact) mass is 342 g/mol. The summed E-state index contributed by atoms with van der Waals surface area (Å²) in [5.74, 6) is 0. The van der Waals surface area contributed by atoms with Gasteiger partial charge in [0.1, 0.15) is 0 Å². The van der Waals surface area contributed by atoms with Crippen molar-refractivity contribution >= 4 is 0 Å². The summed E-state index contributed by atoms with van der Waals surface area (Å²) < 4.78 is 0. The van der Waals surface area contributed by atoms with Gasteiger partial charge in [0.25, 0.3) is 0 Å². The fourth-order valence-electron chi connectivity index (χ4n) is 5.21. The van der Waals surface area contributed by atoms with E-state index in [4.69, 9.17) is 0 Å². The Labute approximate surface area is 159 Å². The standard InChI is InChI=1S/C27H18/c1-3-11-19-20-12-4-2-6-16-24(20)27(23(19)15-5-1)25-17-9-7-13-21(25)22-14-8-10-18-26(22)27/h3-18H,1H2. The highest BCUT2D eigenvalue weighted by Gasteiger charge is 2.53. The number of allylic oxidation sites excluding steroid dienone is 11. The van der Waals surface area contributed by atoms with Crippen LogP contribution in [0.5, 0.6) is 0 Å². The van der Waals surface area contributed by atoms with Crippen molar-refractivity contribution in [2.75, 3.05) is 0 Å². The van der Waals surface area contributed by atoms with Crippen LogP contribution in [0.15, 0.2) is 125 Å². The van der Waals surface area contributed by atoms with E-state index in [2.05, 4.69) is 96.8 Å². The Morgan fingerprint density at radius 3 is 2.19 bits per heavy atom. The van der Waals surface area contributed by atoms with Crippen molar-refractivity contribution in [2.45, 2.75) is 11.8 Å². The summed E-state index contributed by atoms with van der Waals surface area (Å²) >= 11 is 0. The molecule has 0 bridgehead atoms. The van der Waals surface area contributed by atoms with Gasteiger partial charge >= 0.3 is 0 Å². The average Bonchev–Trinajstić information content (AvgIpc) is 2.94. The van der Waals surface area contributed by atoms with Gasteiger partial charge in [-0.3, -0.25) is 0 Å². The second kappa shape index (κ2) is 5.33. The van der Waals surface area contributed by atoms with E-state index in [1.807, 2.05) is 6.08 Å². The fraction of sp³-hybridized carbons (Fsp3) is 0.0741. The van der Waals surface area contributed by atoms with Gasteiger partial charge < -0.3 is 0 Å². The molecule has 6 rings (SSSR count). The van der Waals surface area contributed by atoms with E-state index in [-0.39, 0.29) is 5.41 Å². The fourth-order valence-corrected chi connectivity index (χ4v) is 5.21. The summed E-state index contributed by atoms with van der Waals surface area (Å²) in [6.45, 7) is 0. The van der Waals surface area contributed by atoms with Crippen LogP contribution in [0.2, 0.25) is 0 Å². The van der Waals surface area contributed by atoms with Crippen LogP contribution in [0.3, 0.4) is 0 Å². The van der Waals surface area contributed by atoms with E-state index < -0.39 is 0 Å². The Balaban J connectivity index is 1.83. The van der Waals surface area contributed by atoms with Gasteiger partial charge in [-0.2, -0.15) is 0 Å². The van der Waals surface area contributed by atoms with E-state index in [0.29, 0.717) is 0 Å². The van der Waals surface area contributed by atoms with Crippen LogP contribution in [-0.4, -0.2) is 0 Å². The Kier molecular flexibility index (Phi) is 2.92. The molecule has 2 aromatic rings. The highest BCUT2D eigenvalue weighted by Crippen LogP contribution is 2.63. The molecule has 0 saturated heterocycles. The number of hydrogen-bond acceptors (Lipinski definition) is 0. The molecule has 0 amide bonds. The van der Waals surface area contributed by atoms with Crippen LogP contribution in [0, 0.1) is 0 Å². The predicted molar refractivity (Wildman–Crippen MR) is 111 cm³/mol. The first-order valence-corrected chi connectivity index (χ1v) is 9.54. The summed E-state index contributed by atoms with van der Waals surface area (Å²) in [6.07, 6.45) is 18.8. The molecule has 0 aromatic heterocycles. The van der Waals surface area contributed by atoms with Gasteiger partial charge in [-0.05, 0) is 75.3 Å². The van der Waals surface area contributed by atoms with Crippen molar-refractivity contribution in [3.63, 3.8) is 0 Å². The van der Waals surface area contributed by atoms with Crippen molar-refractivity contribution in [1.29, 1.82) is 0 Å². The zero-order valence-corrected chi connectivity index (χ0v) is 14.9. The lowest BCUT2D eigenvalue weighted by Gasteiger charge is -2.32. The maximum absolute atomic E-state index is 3.27. The molecule has 0 atom stereocenters. The van der Waals surface area contributed by atoms with Crippen LogP contribution in [0.25, 0.3) is 11.1 Å². The van der Waals surface area contributed by atoms with Gasteiger partial charge in [0.2, 0.25) is 0 Å². The van der Waals surface area contributed by atoms with Crippen molar-refractivity contribution in [1.82, 2.24) is 0 Å². The summed E-state index contributed by atoms with van der Waals surface area (Å²) in [7, 11) is 0. The van der Waals surface area contributed by atoms with Crippen molar-refractivity contribution in [3.8, 4) is 11.1 Å². The molecule has 126 valence electrons. The van der Waals surface area contributed by atoms with E-state index in [9.17, 15) is 0 Å². The third-order valence-corrected chi connectivity index (χ3v) is 6.16. The number of fused-ring (bicyclic) bond motifs is 9. The van der Waals surface area contributed by atoms with E-state index >= 15 is 0 Å². The summed E-state index contributed by atoms with van der Waals surface area (Å²) in [5.41, 5.74) is 13.9. The van der Waals surface area contributed by atoms with Crippen LogP contribution in [0.1, 0.15) is 17.5 Å². The number of hydrogen-bond donors (Lipinski definition) is 0. The highest BCUT2D eigenvalue weighted by molar-refractivity contribution is 5.92. The average molecular weight is 342 g/mol. The van der Waals surface area contributed by atoms with Gasteiger partial charge in [-0.15, -0.1) is 5.73 Å². The van der Waals surface area contributed by atoms with Gasteiger partial charge in [-0.25, -0.2) is 0 Å². The third-order valence-electron chi connectivity index (χ3n) is 6.16. The molecule has 27 heavy (non-hydrogen) atoms. The Hall–Kier alpha value is -3.34. The molecule has 0 fully saturated rings. The first kappa shape index (κ1) is 14.8. The lowest BCUT2D eigenvalue weighted by Crippen LogP contribution is -2.27. The van der Waals surface area contributed by atoms with Gasteiger partial charge in [0, 0.05) is 0 Å². The SMILES string of the molecule is C1=CC=C2C(=CC=1)C1(C3=C2C=CCC=C3)c2ccccc2-c2ccccc21. The molecular formula is C27H18. The largest absolute Gasteiger partial charge is 0.121 e. The van der Waals surface area contributed by atoms with Gasteiger partial charge in [0.15, 0.2) is 0 Å². The second-order valence-corrected chi connectivity index (χ2v) is 7.37. The molecule has 0 saturated carbocycles. The molecule has 4 aliphatic carbocycles. The molecule has 4 aliphatic rings. The third kappa shape index (κ3) is 1.74. The predicted octanol–water partition coefficient (Wildman–Crippen LogP) is 6.36. The van der Waals surface area contributed by atoms with Crippen molar-refractivity contribution < 1.29 is 0 Å². The number of rotatable bonds is 0. The maximum Gasteiger partial charge on any atom is 0.0725 e. The topological polar surface area (TPSA) is 0 Å². The summed E-state index contributed by atoms with van der Waals surface area (Å²) in [6, 6.07) is 17.8. The summed E-state index contributed by atoms with van der Waals surface area (Å²) in [4.78, 5) is 0. The molecule has 0 unspecified atom stereocenters. The molecule has 0 nitrogen and oxygen atoms in total. The molecule has 0 radical (unpaired) electrons. The Bertz CT molecular complexity index is 1170. The first-order chi connectivity index (χ1) is 13.4. The van der Waals surface area contributed by atoms with E-state index in [0.717, 1.165) is 6.42 Å². The number of benzene rings is 2. The van der Waals surface area contributed by atoms with Gasteiger partial charge in [-0.1, -0.05) is 72.8 Å². The van der Waals surface area contributed by atoms with Crippen molar-refractivity contribution in [2.24, 2.45) is 0 Å². The Morgan fingerprint density at radius 2 is 1.41 bits per heavy atom. The molecule has 0 aliphatic heterocycles. The van der Waals surface area contributed by atoms with Crippen LogP contribution in [-0.2, 0) is 5.41 Å². The molecule has 0 heterocycles. The first-order valence-electron chi connectivity index (χ1n) is 9.54. The molecule has 0 N–H and O–H groups in total. The van der Waals surface area contributed by atoms with Crippen LogP contribution >= 0.6 is 0 Å². The van der Waals surface area contributed by atoms with Crippen LogP contribution < -0.4 is 0 Å². The second-order valence-electron chi connectivity index (χ2n) is 7.37. The van der Waals surface area contributed by atoms with Crippen molar-refractivity contribution in [3.05, 3.63) is 136 Å². The molecule has 1 spiro atoms. The summed E-state index contributed by atoms with van der Waals surface area (Å²) in [5, 5.41) is 0. The lowest BCUT2D eigenvalue weighted by molar-refractivity contribution is 0.783. The zero-order chi connectivity index (χ0) is 17.8. The smallest absolute Gasteiger partial charge is 0.0725 e.